The SMILES string of the molecule is C=CCCOC(=O)C(C)(C)Br. The molecule has 0 atom stereocenters. The maximum absolute atomic E-state index is 11.0. The lowest BCUT2D eigenvalue weighted by Gasteiger charge is -2.13. The van der Waals surface area contributed by atoms with Crippen LogP contribution in [-0.2, 0) is 9.53 Å². The first-order valence-corrected chi connectivity index (χ1v) is 4.25. The number of esters is 1. The summed E-state index contributed by atoms with van der Waals surface area (Å²) in [5.74, 6) is -0.237. The molecule has 0 N–H and O–H groups in total. The molecular formula is C8H13BrO2. The Morgan fingerprint density at radius 1 is 1.73 bits per heavy atom. The molecule has 3 heteroatoms. The molecule has 0 aliphatic rings. The lowest BCUT2D eigenvalue weighted by Crippen LogP contribution is -2.26. The van der Waals surface area contributed by atoms with Gasteiger partial charge in [-0.15, -0.1) is 6.58 Å². The second-order valence-electron chi connectivity index (χ2n) is 2.69. The van der Waals surface area contributed by atoms with Crippen molar-refractivity contribution in [2.75, 3.05) is 6.61 Å². The topological polar surface area (TPSA) is 26.3 Å². The Bertz CT molecular complexity index is 147. The molecule has 0 aromatic heterocycles. The Kier molecular flexibility index (Phi) is 4.42. The quantitative estimate of drug-likeness (QED) is 0.315. The smallest absolute Gasteiger partial charge is 0.322 e. The Hall–Kier alpha value is -0.310. The molecule has 0 radical (unpaired) electrons. The maximum atomic E-state index is 11.0. The second-order valence-corrected chi connectivity index (χ2v) is 4.67. The molecule has 0 unspecified atom stereocenters. The number of carbonyl (C=O) groups excluding carboxylic acids is 1. The molecule has 0 aromatic carbocycles. The summed E-state index contributed by atoms with van der Waals surface area (Å²) in [5, 5.41) is 0. The van der Waals surface area contributed by atoms with E-state index >= 15 is 0 Å². The number of hydrogen-bond acceptors (Lipinski definition) is 2. The van der Waals surface area contributed by atoms with Crippen LogP contribution in [0.2, 0.25) is 0 Å². The molecule has 0 aliphatic heterocycles. The van der Waals surface area contributed by atoms with Gasteiger partial charge in [-0.2, -0.15) is 0 Å². The van der Waals surface area contributed by atoms with Crippen molar-refractivity contribution in [1.82, 2.24) is 0 Å². The van der Waals surface area contributed by atoms with Crippen molar-refractivity contribution in [3.05, 3.63) is 12.7 Å². The lowest BCUT2D eigenvalue weighted by atomic mass is 10.2. The fraction of sp³-hybridized carbons (Fsp3) is 0.625. The van der Waals surface area contributed by atoms with E-state index in [9.17, 15) is 4.79 Å². The van der Waals surface area contributed by atoms with Crippen LogP contribution in [0.5, 0.6) is 0 Å². The minimum atomic E-state index is -0.575. The molecule has 0 aliphatic carbocycles. The summed E-state index contributed by atoms with van der Waals surface area (Å²) < 4.78 is 4.31. The van der Waals surface area contributed by atoms with Gasteiger partial charge in [0.1, 0.15) is 4.32 Å². The molecule has 0 spiro atoms. The molecule has 11 heavy (non-hydrogen) atoms. The number of hydrogen-bond donors (Lipinski definition) is 0. The monoisotopic (exact) mass is 220 g/mol. The summed E-state index contributed by atoms with van der Waals surface area (Å²) in [6.07, 6.45) is 2.42. The normalized spacial score (nSPS) is 10.8. The van der Waals surface area contributed by atoms with E-state index in [0.717, 1.165) is 0 Å². The van der Waals surface area contributed by atoms with Gasteiger partial charge in [0, 0.05) is 0 Å². The molecular weight excluding hydrogens is 208 g/mol. The first-order chi connectivity index (χ1) is 4.98. The van der Waals surface area contributed by atoms with E-state index in [1.54, 1.807) is 19.9 Å². The van der Waals surface area contributed by atoms with Crippen molar-refractivity contribution in [3.8, 4) is 0 Å². The van der Waals surface area contributed by atoms with E-state index in [1.807, 2.05) is 0 Å². The third kappa shape index (κ3) is 5.01. The van der Waals surface area contributed by atoms with Crippen LogP contribution >= 0.6 is 15.9 Å². The first-order valence-electron chi connectivity index (χ1n) is 3.45. The van der Waals surface area contributed by atoms with Crippen LogP contribution < -0.4 is 0 Å². The van der Waals surface area contributed by atoms with E-state index in [2.05, 4.69) is 22.5 Å². The molecule has 0 aromatic rings. The van der Waals surface area contributed by atoms with Gasteiger partial charge in [0.15, 0.2) is 0 Å². The highest BCUT2D eigenvalue weighted by Gasteiger charge is 2.24. The van der Waals surface area contributed by atoms with Gasteiger partial charge < -0.3 is 4.74 Å². The van der Waals surface area contributed by atoms with Crippen LogP contribution in [0.15, 0.2) is 12.7 Å². The zero-order valence-electron chi connectivity index (χ0n) is 6.89. The molecule has 0 fully saturated rings. The Labute approximate surface area is 75.7 Å². The summed E-state index contributed by atoms with van der Waals surface area (Å²) >= 11 is 3.20. The van der Waals surface area contributed by atoms with Crippen LogP contribution in [0.3, 0.4) is 0 Å². The zero-order valence-corrected chi connectivity index (χ0v) is 8.48. The number of ether oxygens (including phenoxy) is 1. The van der Waals surface area contributed by atoms with E-state index in [4.69, 9.17) is 4.74 Å². The minimum Gasteiger partial charge on any atom is -0.464 e. The molecule has 0 amide bonds. The molecule has 2 nitrogen and oxygen atoms in total. The van der Waals surface area contributed by atoms with Crippen LogP contribution in [0, 0.1) is 0 Å². The average molecular weight is 221 g/mol. The van der Waals surface area contributed by atoms with Crippen LogP contribution in [0.1, 0.15) is 20.3 Å². The summed E-state index contributed by atoms with van der Waals surface area (Å²) in [6, 6.07) is 0. The Balaban J connectivity index is 3.62. The lowest BCUT2D eigenvalue weighted by molar-refractivity contribution is -0.145. The van der Waals surface area contributed by atoms with Gasteiger partial charge >= 0.3 is 5.97 Å². The Morgan fingerprint density at radius 3 is 2.64 bits per heavy atom. The van der Waals surface area contributed by atoms with Crippen LogP contribution in [0.25, 0.3) is 0 Å². The largest absolute Gasteiger partial charge is 0.464 e. The van der Waals surface area contributed by atoms with E-state index in [-0.39, 0.29) is 5.97 Å². The van der Waals surface area contributed by atoms with Gasteiger partial charge in [0.05, 0.1) is 6.61 Å². The van der Waals surface area contributed by atoms with Gasteiger partial charge in [-0.05, 0) is 20.3 Å². The van der Waals surface area contributed by atoms with E-state index in [0.29, 0.717) is 13.0 Å². The van der Waals surface area contributed by atoms with Gasteiger partial charge in [-0.1, -0.05) is 22.0 Å². The number of rotatable bonds is 4. The molecule has 0 saturated carbocycles. The van der Waals surface area contributed by atoms with Gasteiger partial charge in [-0.3, -0.25) is 4.79 Å². The molecule has 0 saturated heterocycles. The first kappa shape index (κ1) is 10.7. The molecule has 0 bridgehead atoms. The third-order valence-corrected chi connectivity index (χ3v) is 1.36. The number of halogens is 1. The van der Waals surface area contributed by atoms with Crippen LogP contribution in [0.4, 0.5) is 0 Å². The predicted molar refractivity (Wildman–Crippen MR) is 48.8 cm³/mol. The summed E-state index contributed by atoms with van der Waals surface area (Å²) in [6.45, 7) is 7.44. The maximum Gasteiger partial charge on any atom is 0.322 e. The third-order valence-electron chi connectivity index (χ3n) is 1.04. The van der Waals surface area contributed by atoms with E-state index in [1.165, 1.54) is 0 Å². The zero-order chi connectivity index (χ0) is 8.91. The van der Waals surface area contributed by atoms with Crippen molar-refractivity contribution < 1.29 is 9.53 Å². The summed E-state index contributed by atoms with van der Waals surface area (Å²) in [5.41, 5.74) is 0. The number of carbonyl (C=O) groups is 1. The highest BCUT2D eigenvalue weighted by Crippen LogP contribution is 2.17. The fourth-order valence-electron chi connectivity index (χ4n) is 0.407. The molecule has 0 heterocycles. The summed E-state index contributed by atoms with van der Waals surface area (Å²) in [4.78, 5) is 11.0. The van der Waals surface area contributed by atoms with Crippen molar-refractivity contribution >= 4 is 21.9 Å². The molecule has 0 rings (SSSR count). The predicted octanol–water partition coefficient (Wildman–Crippen LogP) is 2.28. The van der Waals surface area contributed by atoms with Crippen molar-refractivity contribution in [2.45, 2.75) is 24.6 Å². The van der Waals surface area contributed by atoms with Gasteiger partial charge in [0.2, 0.25) is 0 Å². The van der Waals surface area contributed by atoms with Crippen LogP contribution in [-0.4, -0.2) is 16.9 Å². The minimum absolute atomic E-state index is 0.237. The summed E-state index contributed by atoms with van der Waals surface area (Å²) in [7, 11) is 0. The van der Waals surface area contributed by atoms with Crippen molar-refractivity contribution in [3.63, 3.8) is 0 Å². The van der Waals surface area contributed by atoms with Gasteiger partial charge in [-0.25, -0.2) is 0 Å². The highest BCUT2D eigenvalue weighted by atomic mass is 79.9. The average Bonchev–Trinajstić information content (AvgIpc) is 1.86. The number of alkyl halides is 1. The molecule has 64 valence electrons. The second kappa shape index (κ2) is 4.54. The van der Waals surface area contributed by atoms with Gasteiger partial charge in [0.25, 0.3) is 0 Å². The van der Waals surface area contributed by atoms with E-state index < -0.39 is 4.32 Å². The fourth-order valence-corrected chi connectivity index (χ4v) is 0.521. The highest BCUT2D eigenvalue weighted by molar-refractivity contribution is 9.10. The Morgan fingerprint density at radius 2 is 2.27 bits per heavy atom. The van der Waals surface area contributed by atoms with Crippen molar-refractivity contribution in [2.24, 2.45) is 0 Å². The standard InChI is InChI=1S/C8H13BrO2/c1-4-5-6-11-7(10)8(2,3)9/h4H,1,5-6H2,2-3H3. The van der Waals surface area contributed by atoms with Crippen molar-refractivity contribution in [1.29, 1.82) is 0 Å².